The average molecular weight is 729 g/mol. The van der Waals surface area contributed by atoms with Crippen LogP contribution in [0.4, 0.5) is 0 Å². The molecule has 5 rings (SSSR count). The molecule has 4 fully saturated rings. The maximum Gasteiger partial charge on any atom is 0.311 e. The highest BCUT2D eigenvalue weighted by Crippen LogP contribution is 2.42. The van der Waals surface area contributed by atoms with E-state index in [9.17, 15) is 15.0 Å². The quantitative estimate of drug-likeness (QED) is 0.118. The van der Waals surface area contributed by atoms with Crippen LogP contribution in [0.3, 0.4) is 0 Å². The maximum atomic E-state index is 12.1. The second-order valence-corrected chi connectivity index (χ2v) is 16.6. The predicted molar refractivity (Wildman–Crippen MR) is 198 cm³/mol. The van der Waals surface area contributed by atoms with Crippen LogP contribution in [0.2, 0.25) is 0 Å². The molecule has 0 bridgehead atoms. The average Bonchev–Trinajstić information content (AvgIpc) is 3.46. The minimum Gasteiger partial charge on any atom is -0.497 e. The van der Waals surface area contributed by atoms with E-state index in [1.165, 1.54) is 0 Å². The first-order valence-electron chi connectivity index (χ1n) is 19.5. The van der Waals surface area contributed by atoms with E-state index in [1.807, 2.05) is 45.0 Å². The van der Waals surface area contributed by atoms with Crippen molar-refractivity contribution < 1.29 is 48.2 Å². The van der Waals surface area contributed by atoms with E-state index in [0.717, 1.165) is 61.0 Å². The van der Waals surface area contributed by atoms with Gasteiger partial charge in [-0.25, -0.2) is 0 Å². The van der Waals surface area contributed by atoms with Gasteiger partial charge in [-0.1, -0.05) is 39.1 Å². The molecule has 0 spiro atoms. The first kappa shape index (κ1) is 40.9. The predicted octanol–water partition coefficient (Wildman–Crippen LogP) is 6.49. The van der Waals surface area contributed by atoms with Crippen LogP contribution in [-0.4, -0.2) is 97.5 Å². The van der Waals surface area contributed by atoms with Crippen molar-refractivity contribution in [3.05, 3.63) is 54.1 Å². The fourth-order valence-corrected chi connectivity index (χ4v) is 8.19. The molecular weight excluding hydrogens is 664 g/mol. The van der Waals surface area contributed by atoms with E-state index >= 15 is 0 Å². The van der Waals surface area contributed by atoms with Crippen molar-refractivity contribution in [2.75, 3.05) is 20.3 Å². The summed E-state index contributed by atoms with van der Waals surface area (Å²) in [7, 11) is 1.65. The molecule has 3 unspecified atom stereocenters. The Morgan fingerprint density at radius 2 is 1.65 bits per heavy atom. The normalized spacial score (nSPS) is 35.3. The number of aliphatic hydroxyl groups excluding tert-OH is 2. The van der Waals surface area contributed by atoms with Crippen LogP contribution >= 0.6 is 0 Å². The topological polar surface area (TPSA) is 122 Å². The minimum atomic E-state index is -0.707. The summed E-state index contributed by atoms with van der Waals surface area (Å²) in [5.74, 6) is 0.875. The molecule has 292 valence electrons. The molecule has 0 radical (unpaired) electrons. The summed E-state index contributed by atoms with van der Waals surface area (Å²) in [5.41, 5.74) is 2.72. The number of aliphatic hydroxyl groups is 2. The van der Waals surface area contributed by atoms with E-state index in [1.54, 1.807) is 7.11 Å². The van der Waals surface area contributed by atoms with Crippen LogP contribution < -0.4 is 4.74 Å². The Labute approximate surface area is 311 Å². The first-order valence-corrected chi connectivity index (χ1v) is 19.5. The van der Waals surface area contributed by atoms with Crippen molar-refractivity contribution in [1.29, 1.82) is 0 Å². The van der Waals surface area contributed by atoms with Gasteiger partial charge in [0.05, 0.1) is 86.8 Å². The molecule has 1 aromatic rings. The Morgan fingerprint density at radius 1 is 0.923 bits per heavy atom. The third-order valence-corrected chi connectivity index (χ3v) is 11.4. The van der Waals surface area contributed by atoms with Gasteiger partial charge in [0.2, 0.25) is 0 Å². The van der Waals surface area contributed by atoms with E-state index < -0.39 is 17.6 Å². The number of fused-ring (bicyclic) bond motifs is 1. The molecule has 0 saturated carbocycles. The minimum absolute atomic E-state index is 0.00723. The summed E-state index contributed by atoms with van der Waals surface area (Å²) >= 11 is 0. The monoisotopic (exact) mass is 728 g/mol. The van der Waals surface area contributed by atoms with Gasteiger partial charge in [-0.2, -0.15) is 0 Å². The number of esters is 1. The zero-order chi connectivity index (χ0) is 37.6. The first-order chi connectivity index (χ1) is 24.8. The number of carbonyl (C=O) groups is 1. The van der Waals surface area contributed by atoms with Crippen LogP contribution in [0.15, 0.2) is 48.6 Å². The van der Waals surface area contributed by atoms with Crippen LogP contribution in [0.1, 0.15) is 98.0 Å². The zero-order valence-corrected chi connectivity index (χ0v) is 32.3. The van der Waals surface area contributed by atoms with Crippen LogP contribution in [0, 0.1) is 17.3 Å². The van der Waals surface area contributed by atoms with Gasteiger partial charge >= 0.3 is 5.97 Å². The second kappa shape index (κ2) is 18.3. The molecular formula is C42H64O10. The van der Waals surface area contributed by atoms with Crippen molar-refractivity contribution in [3.8, 4) is 5.75 Å². The van der Waals surface area contributed by atoms with E-state index in [4.69, 9.17) is 33.2 Å². The number of hydrogen-bond acceptors (Lipinski definition) is 10. The molecule has 0 amide bonds. The van der Waals surface area contributed by atoms with Crippen LogP contribution in [-0.2, 0) is 39.8 Å². The van der Waals surface area contributed by atoms with Crippen molar-refractivity contribution in [1.82, 2.24) is 0 Å². The Hall–Kier alpha value is -2.31. The molecule has 52 heavy (non-hydrogen) atoms. The lowest BCUT2D eigenvalue weighted by Crippen LogP contribution is -2.61. The lowest BCUT2D eigenvalue weighted by Gasteiger charge is -2.51. The molecule has 0 aromatic heterocycles. The third-order valence-electron chi connectivity index (χ3n) is 11.4. The molecule has 4 aliphatic heterocycles. The Kier molecular flexibility index (Phi) is 14.4. The van der Waals surface area contributed by atoms with E-state index in [-0.39, 0.29) is 73.2 Å². The summed E-state index contributed by atoms with van der Waals surface area (Å²) < 4.78 is 43.8. The number of methoxy groups -OCH3 is 1. The fourth-order valence-electron chi connectivity index (χ4n) is 8.19. The highest BCUT2D eigenvalue weighted by molar-refractivity contribution is 5.75. The summed E-state index contributed by atoms with van der Waals surface area (Å²) in [5, 5.41) is 20.4. The molecule has 4 saturated heterocycles. The molecule has 10 nitrogen and oxygen atoms in total. The number of rotatable bonds is 15. The van der Waals surface area contributed by atoms with Gasteiger partial charge in [-0.3, -0.25) is 4.79 Å². The highest BCUT2D eigenvalue weighted by Gasteiger charge is 2.50. The van der Waals surface area contributed by atoms with Gasteiger partial charge in [-0.05, 0) is 100 Å². The van der Waals surface area contributed by atoms with Crippen molar-refractivity contribution in [2.45, 2.75) is 160 Å². The largest absolute Gasteiger partial charge is 0.497 e. The number of carbonyl (C=O) groups excluding carboxylic acids is 1. The molecule has 4 heterocycles. The molecule has 0 aliphatic carbocycles. The van der Waals surface area contributed by atoms with Gasteiger partial charge < -0.3 is 43.4 Å². The van der Waals surface area contributed by atoms with Gasteiger partial charge in [0.1, 0.15) is 5.75 Å². The lowest BCUT2D eigenvalue weighted by molar-refractivity contribution is -0.277. The molecule has 4 aliphatic rings. The molecule has 12 atom stereocenters. The van der Waals surface area contributed by atoms with Crippen molar-refractivity contribution in [3.63, 3.8) is 0 Å². The lowest BCUT2D eigenvalue weighted by atomic mass is 9.79. The standard InChI is InChI=1S/C42H64O10/c1-25-20-32(15-16-34-26(2)21-31(49-34)10-9-19-47-41(45)42(5,6)7)50-36(27(25)3)23-38-39(48-24-29-11-13-30(46-8)14-12-29)28(4)40-37(51-38)22-33(44)35(52-40)17-18-43/h11-14,25,28,31-40,43-44H,2-3,9-10,15-24H2,1,4-8H3/t25-,28-,31+,32+,33-,34?,35-,36?,37?,38+,39-,40+/m1/s1. The Morgan fingerprint density at radius 3 is 2.35 bits per heavy atom. The van der Waals surface area contributed by atoms with Crippen molar-refractivity contribution >= 4 is 5.97 Å². The summed E-state index contributed by atoms with van der Waals surface area (Å²) in [6.45, 7) is 19.5. The summed E-state index contributed by atoms with van der Waals surface area (Å²) in [6, 6.07) is 7.87. The van der Waals surface area contributed by atoms with Crippen LogP contribution in [0.5, 0.6) is 5.75 Å². The molecule has 2 N–H and O–H groups in total. The molecule has 1 aromatic carbocycles. The smallest absolute Gasteiger partial charge is 0.311 e. The number of ether oxygens (including phenoxy) is 7. The van der Waals surface area contributed by atoms with E-state index in [0.29, 0.717) is 32.5 Å². The van der Waals surface area contributed by atoms with Crippen LogP contribution in [0.25, 0.3) is 0 Å². The van der Waals surface area contributed by atoms with Gasteiger partial charge in [0.15, 0.2) is 0 Å². The van der Waals surface area contributed by atoms with Gasteiger partial charge in [-0.15, -0.1) is 0 Å². The van der Waals surface area contributed by atoms with Crippen molar-refractivity contribution in [2.24, 2.45) is 17.3 Å². The number of hydrogen-bond donors (Lipinski definition) is 2. The molecule has 10 heteroatoms. The third kappa shape index (κ3) is 10.5. The fraction of sp³-hybridized carbons (Fsp3) is 0.738. The number of benzene rings is 1. The van der Waals surface area contributed by atoms with Gasteiger partial charge in [0.25, 0.3) is 0 Å². The second-order valence-electron chi connectivity index (χ2n) is 16.6. The van der Waals surface area contributed by atoms with Gasteiger partial charge in [0, 0.05) is 25.4 Å². The Balaban J connectivity index is 1.19. The van der Waals surface area contributed by atoms with E-state index in [2.05, 4.69) is 27.0 Å². The maximum absolute atomic E-state index is 12.1. The zero-order valence-electron chi connectivity index (χ0n) is 32.3. The highest BCUT2D eigenvalue weighted by atomic mass is 16.6. The summed E-state index contributed by atoms with van der Waals surface area (Å²) in [6.07, 6.45) is 4.06. The Bertz CT molecular complexity index is 1320. The SMILES string of the molecule is C=C1C[C@H](CCCOC(=O)C(C)(C)C)OC1CC[C@H]1C[C@@H](C)C(=C)C(C[C@@H]2OC3C[C@@H](O)[C@@H](CCO)O[C@H]3[C@H](C)[C@H]2OCc2ccc(OC)cc2)O1. The summed E-state index contributed by atoms with van der Waals surface area (Å²) in [4.78, 5) is 12.1.